The molecular weight excluding hydrogens is 496 g/mol. The van der Waals surface area contributed by atoms with Crippen LogP contribution in [0, 0.1) is 11.6 Å². The second kappa shape index (κ2) is 8.86. The number of H-pyrrole nitrogens is 1. The highest BCUT2D eigenvalue weighted by atomic mass is 32.2. The number of aromatic amines is 1. The molecule has 1 aromatic carbocycles. The fourth-order valence-electron chi connectivity index (χ4n) is 3.89. The van der Waals surface area contributed by atoms with Gasteiger partial charge in [-0.15, -0.1) is 0 Å². The molecule has 12 heteroatoms. The lowest BCUT2D eigenvalue weighted by Crippen LogP contribution is -2.32. The standard InChI is InChI=1S/C23H19F2N5O3S2/c1-2-7-35(32,33)29-18-4-3-17(24)20(21(18)25)22(31)16-11-27-23-15(16)8-14(10-26-23)30-6-5-19-13(12-30)9-28-34-19/h3-5,8-12,29H,2,6-7H2,1H3,(H,26,27). The molecule has 35 heavy (non-hydrogen) atoms. The number of hydrogen-bond acceptors (Lipinski definition) is 7. The van der Waals surface area contributed by atoms with Gasteiger partial charge in [-0.1, -0.05) is 6.92 Å². The third-order valence-electron chi connectivity index (χ3n) is 5.55. The number of carbonyl (C=O) groups is 1. The summed E-state index contributed by atoms with van der Waals surface area (Å²) >= 11 is 1.40. The summed E-state index contributed by atoms with van der Waals surface area (Å²) in [5.41, 5.74) is -0.266. The highest BCUT2D eigenvalue weighted by Gasteiger charge is 2.26. The zero-order valence-electron chi connectivity index (χ0n) is 18.4. The lowest BCUT2D eigenvalue weighted by Gasteiger charge is -2.20. The maximum absolute atomic E-state index is 15.2. The van der Waals surface area contributed by atoms with Gasteiger partial charge in [0.05, 0.1) is 33.4 Å². The Morgan fingerprint density at radius 3 is 2.91 bits per heavy atom. The van der Waals surface area contributed by atoms with E-state index in [0.717, 1.165) is 21.9 Å². The number of sulfonamides is 1. The maximum Gasteiger partial charge on any atom is 0.232 e. The number of nitrogens with one attached hydrogen (secondary N) is 2. The number of aromatic nitrogens is 3. The Morgan fingerprint density at radius 2 is 2.11 bits per heavy atom. The summed E-state index contributed by atoms with van der Waals surface area (Å²) in [6, 6.07) is 3.54. The first-order chi connectivity index (χ1) is 16.8. The number of halogens is 2. The molecule has 4 aromatic rings. The fourth-order valence-corrected chi connectivity index (χ4v) is 5.66. The SMILES string of the molecule is CCCS(=O)(=O)Nc1ccc(F)c(C(=O)c2c[nH]c3ncc(N4C=c5cnsc5=CC4)cc23)c1F. The summed E-state index contributed by atoms with van der Waals surface area (Å²) in [4.78, 5) is 22.4. The zero-order chi connectivity index (χ0) is 24.7. The molecule has 180 valence electrons. The molecule has 0 saturated carbocycles. The molecule has 0 saturated heterocycles. The van der Waals surface area contributed by atoms with Gasteiger partial charge in [0.25, 0.3) is 0 Å². The van der Waals surface area contributed by atoms with Gasteiger partial charge in [-0.25, -0.2) is 22.2 Å². The van der Waals surface area contributed by atoms with Crippen LogP contribution in [0.4, 0.5) is 20.2 Å². The molecule has 0 unspecified atom stereocenters. The number of hydrogen-bond donors (Lipinski definition) is 2. The number of carbonyl (C=O) groups excluding carboxylic acids is 1. The van der Waals surface area contributed by atoms with Gasteiger partial charge in [0.1, 0.15) is 11.5 Å². The molecule has 0 fully saturated rings. The first-order valence-corrected chi connectivity index (χ1v) is 13.1. The van der Waals surface area contributed by atoms with Crippen LogP contribution in [0.25, 0.3) is 23.3 Å². The van der Waals surface area contributed by atoms with Gasteiger partial charge in [0.2, 0.25) is 15.8 Å². The van der Waals surface area contributed by atoms with Crippen LogP contribution in [0.3, 0.4) is 0 Å². The summed E-state index contributed by atoms with van der Waals surface area (Å²) < 4.78 is 61.3. The van der Waals surface area contributed by atoms with Gasteiger partial charge in [0.15, 0.2) is 5.82 Å². The van der Waals surface area contributed by atoms with E-state index in [1.54, 1.807) is 25.4 Å². The summed E-state index contributed by atoms with van der Waals surface area (Å²) in [5, 5.41) is 1.34. The van der Waals surface area contributed by atoms with Crippen molar-refractivity contribution in [1.82, 2.24) is 14.3 Å². The van der Waals surface area contributed by atoms with Crippen LogP contribution in [-0.4, -0.2) is 40.8 Å². The molecule has 0 aliphatic carbocycles. The van der Waals surface area contributed by atoms with Gasteiger partial charge in [0, 0.05) is 41.3 Å². The summed E-state index contributed by atoms with van der Waals surface area (Å²) in [6.45, 7) is 2.23. The average molecular weight is 516 g/mol. The predicted molar refractivity (Wildman–Crippen MR) is 131 cm³/mol. The number of anilines is 2. The Labute approximate surface area is 202 Å². The van der Waals surface area contributed by atoms with Crippen LogP contribution in [0.2, 0.25) is 0 Å². The van der Waals surface area contributed by atoms with Crippen LogP contribution in [-0.2, 0) is 10.0 Å². The first-order valence-electron chi connectivity index (χ1n) is 10.7. The van der Waals surface area contributed by atoms with Gasteiger partial charge in [-0.2, -0.15) is 4.37 Å². The lowest BCUT2D eigenvalue weighted by atomic mass is 10.0. The van der Waals surface area contributed by atoms with Crippen molar-refractivity contribution in [1.29, 1.82) is 0 Å². The molecular formula is C23H19F2N5O3S2. The fraction of sp³-hybridized carbons (Fsp3) is 0.174. The number of ketones is 1. The molecule has 5 rings (SSSR count). The maximum atomic E-state index is 15.2. The van der Waals surface area contributed by atoms with Crippen LogP contribution < -0.4 is 19.4 Å². The predicted octanol–water partition coefficient (Wildman–Crippen LogP) is 2.72. The summed E-state index contributed by atoms with van der Waals surface area (Å²) in [7, 11) is -3.84. The smallest absolute Gasteiger partial charge is 0.232 e. The first kappa shape index (κ1) is 23.1. The minimum absolute atomic E-state index is 0.0135. The van der Waals surface area contributed by atoms with E-state index in [2.05, 4.69) is 19.1 Å². The van der Waals surface area contributed by atoms with Crippen molar-refractivity contribution >= 4 is 62.0 Å². The van der Waals surface area contributed by atoms with E-state index in [0.29, 0.717) is 29.7 Å². The number of fused-ring (bicyclic) bond motifs is 2. The van der Waals surface area contributed by atoms with E-state index >= 15 is 4.39 Å². The quantitative estimate of drug-likeness (QED) is 0.367. The lowest BCUT2D eigenvalue weighted by molar-refractivity contribution is 0.103. The molecule has 0 spiro atoms. The Hall–Kier alpha value is -3.64. The number of pyridine rings is 1. The van der Waals surface area contributed by atoms with E-state index < -0.39 is 38.7 Å². The van der Waals surface area contributed by atoms with E-state index in [1.807, 2.05) is 17.2 Å². The van der Waals surface area contributed by atoms with Crippen molar-refractivity contribution in [2.45, 2.75) is 13.3 Å². The van der Waals surface area contributed by atoms with Gasteiger partial charge in [-0.05, 0) is 42.2 Å². The van der Waals surface area contributed by atoms with Crippen LogP contribution >= 0.6 is 11.5 Å². The Balaban J connectivity index is 1.54. The largest absolute Gasteiger partial charge is 0.345 e. The number of nitrogens with zero attached hydrogens (tertiary/aromatic N) is 3. The Kier molecular flexibility index (Phi) is 5.85. The number of rotatable bonds is 7. The van der Waals surface area contributed by atoms with Crippen LogP contribution in [0.5, 0.6) is 0 Å². The second-order valence-corrected chi connectivity index (χ2v) is 10.6. The van der Waals surface area contributed by atoms with Gasteiger partial charge in [-0.3, -0.25) is 9.52 Å². The molecule has 8 nitrogen and oxygen atoms in total. The summed E-state index contributed by atoms with van der Waals surface area (Å²) in [6.07, 6.45) is 8.98. The minimum atomic E-state index is -3.84. The normalized spacial score (nSPS) is 13.3. The molecule has 0 bridgehead atoms. The highest BCUT2D eigenvalue weighted by Crippen LogP contribution is 2.29. The van der Waals surface area contributed by atoms with Gasteiger partial charge >= 0.3 is 0 Å². The third-order valence-corrected chi connectivity index (χ3v) is 7.83. The molecule has 2 N–H and O–H groups in total. The molecule has 1 aliphatic rings. The van der Waals surface area contributed by atoms with Gasteiger partial charge < -0.3 is 9.88 Å². The van der Waals surface area contributed by atoms with Crippen molar-refractivity contribution in [3.8, 4) is 0 Å². The number of benzene rings is 1. The van der Waals surface area contributed by atoms with Crippen molar-refractivity contribution in [3.63, 3.8) is 0 Å². The highest BCUT2D eigenvalue weighted by molar-refractivity contribution is 7.92. The van der Waals surface area contributed by atoms with E-state index in [4.69, 9.17) is 0 Å². The van der Waals surface area contributed by atoms with Crippen molar-refractivity contribution in [2.24, 2.45) is 0 Å². The molecule has 4 heterocycles. The van der Waals surface area contributed by atoms with Crippen molar-refractivity contribution in [3.05, 3.63) is 69.3 Å². The Morgan fingerprint density at radius 1 is 1.29 bits per heavy atom. The molecule has 1 aliphatic heterocycles. The monoisotopic (exact) mass is 515 g/mol. The summed E-state index contributed by atoms with van der Waals surface area (Å²) in [5.74, 6) is -3.54. The van der Waals surface area contributed by atoms with Crippen molar-refractivity contribution in [2.75, 3.05) is 21.9 Å². The minimum Gasteiger partial charge on any atom is -0.345 e. The Bertz CT molecular complexity index is 1700. The third kappa shape index (κ3) is 4.30. The van der Waals surface area contributed by atoms with E-state index in [-0.39, 0.29) is 11.3 Å². The zero-order valence-corrected chi connectivity index (χ0v) is 20.0. The molecule has 3 aromatic heterocycles. The van der Waals surface area contributed by atoms with Crippen molar-refractivity contribution < 1.29 is 22.0 Å². The van der Waals surface area contributed by atoms with Crippen LogP contribution in [0.1, 0.15) is 29.3 Å². The van der Waals surface area contributed by atoms with E-state index in [1.165, 1.54) is 17.7 Å². The van der Waals surface area contributed by atoms with E-state index in [9.17, 15) is 17.6 Å². The molecule has 0 amide bonds. The second-order valence-electron chi connectivity index (χ2n) is 7.96. The molecule has 0 radical (unpaired) electrons. The topological polar surface area (TPSA) is 108 Å². The molecule has 0 atom stereocenters. The average Bonchev–Trinajstić information content (AvgIpc) is 3.46. The van der Waals surface area contributed by atoms with Crippen LogP contribution in [0.15, 0.2) is 36.8 Å².